The van der Waals surface area contributed by atoms with Gasteiger partial charge in [-0.05, 0) is 13.8 Å². The molecule has 0 amide bonds. The maximum Gasteiger partial charge on any atom is 0.125 e. The molecule has 0 aliphatic heterocycles. The molecular formula is C6H11ClN2. The third-order valence-electron chi connectivity index (χ3n) is 1.27. The molecule has 0 aromatic heterocycles. The van der Waals surface area contributed by atoms with Gasteiger partial charge in [0.2, 0.25) is 0 Å². The fourth-order valence-electron chi connectivity index (χ4n) is 0.352. The van der Waals surface area contributed by atoms with Gasteiger partial charge in [-0.2, -0.15) is 0 Å². The third-order valence-corrected chi connectivity index (χ3v) is 1.55. The van der Waals surface area contributed by atoms with E-state index in [1.165, 1.54) is 0 Å². The molecule has 0 bridgehead atoms. The number of rotatable bonds is 2. The summed E-state index contributed by atoms with van der Waals surface area (Å²) in [4.78, 5) is 0. The second-order valence-electron chi connectivity index (χ2n) is 1.81. The molecule has 2 N–H and O–H groups in total. The first kappa shape index (κ1) is 8.50. The summed E-state index contributed by atoms with van der Waals surface area (Å²) < 4.78 is 0. The zero-order chi connectivity index (χ0) is 7.44. The average Bonchev–Trinajstić information content (AvgIpc) is 1.84. The van der Waals surface area contributed by atoms with Gasteiger partial charge in [-0.3, -0.25) is 5.41 Å². The summed E-state index contributed by atoms with van der Waals surface area (Å²) in [5.74, 6) is 0. The molecule has 0 fully saturated rings. The van der Waals surface area contributed by atoms with Crippen LogP contribution in [0.2, 0.25) is 0 Å². The lowest BCUT2D eigenvalue weighted by Gasteiger charge is -2.02. The Balaban J connectivity index is 4.28. The Labute approximate surface area is 60.4 Å². The summed E-state index contributed by atoms with van der Waals surface area (Å²) >= 11 is 5.39. The molecule has 0 rings (SSSR count). The first-order valence-corrected chi connectivity index (χ1v) is 3.07. The van der Waals surface area contributed by atoms with Gasteiger partial charge in [0.1, 0.15) is 5.17 Å². The Kier molecular flexibility index (Phi) is 3.32. The fraction of sp³-hybridized carbons (Fsp3) is 0.500. The SMILES string of the molecule is CN/C(C)=C(/C)C(=N)Cl. The predicted molar refractivity (Wildman–Crippen MR) is 41.0 cm³/mol. The van der Waals surface area contributed by atoms with Crippen molar-refractivity contribution in [2.75, 3.05) is 7.05 Å². The maximum absolute atomic E-state index is 7.00. The van der Waals surface area contributed by atoms with E-state index < -0.39 is 0 Å². The van der Waals surface area contributed by atoms with Crippen LogP contribution in [0.5, 0.6) is 0 Å². The fourth-order valence-corrected chi connectivity index (χ4v) is 0.494. The largest absolute Gasteiger partial charge is 0.391 e. The van der Waals surface area contributed by atoms with Crippen molar-refractivity contribution in [1.29, 1.82) is 5.41 Å². The van der Waals surface area contributed by atoms with Gasteiger partial charge in [-0.1, -0.05) is 11.6 Å². The molecule has 0 unspecified atom stereocenters. The molecule has 0 aromatic carbocycles. The van der Waals surface area contributed by atoms with Crippen molar-refractivity contribution in [3.63, 3.8) is 0 Å². The minimum atomic E-state index is 0.0989. The minimum absolute atomic E-state index is 0.0989. The van der Waals surface area contributed by atoms with E-state index in [0.29, 0.717) is 0 Å². The van der Waals surface area contributed by atoms with Gasteiger partial charge in [0.25, 0.3) is 0 Å². The zero-order valence-corrected chi connectivity index (χ0v) is 6.63. The van der Waals surface area contributed by atoms with Crippen LogP contribution in [0.1, 0.15) is 13.8 Å². The highest BCUT2D eigenvalue weighted by atomic mass is 35.5. The van der Waals surface area contributed by atoms with Gasteiger partial charge in [0.05, 0.1) is 0 Å². The Morgan fingerprint density at radius 1 is 1.44 bits per heavy atom. The summed E-state index contributed by atoms with van der Waals surface area (Å²) in [6, 6.07) is 0. The Hall–Kier alpha value is -0.500. The molecule has 9 heavy (non-hydrogen) atoms. The van der Waals surface area contributed by atoms with Gasteiger partial charge >= 0.3 is 0 Å². The number of nitrogens with one attached hydrogen (secondary N) is 2. The molecule has 0 aliphatic rings. The van der Waals surface area contributed by atoms with Gasteiger partial charge in [0, 0.05) is 18.3 Å². The summed E-state index contributed by atoms with van der Waals surface area (Å²) in [5, 5.41) is 10.0. The second kappa shape index (κ2) is 3.51. The summed E-state index contributed by atoms with van der Waals surface area (Å²) in [6.07, 6.45) is 0. The number of allylic oxidation sites excluding steroid dienone is 2. The monoisotopic (exact) mass is 146 g/mol. The molecule has 3 heteroatoms. The van der Waals surface area contributed by atoms with Crippen molar-refractivity contribution >= 4 is 16.8 Å². The Morgan fingerprint density at radius 2 is 1.89 bits per heavy atom. The number of hydrogen-bond acceptors (Lipinski definition) is 2. The molecule has 0 spiro atoms. The molecule has 0 heterocycles. The Morgan fingerprint density at radius 3 is 2.00 bits per heavy atom. The quantitative estimate of drug-likeness (QED) is 0.572. The van der Waals surface area contributed by atoms with Crippen molar-refractivity contribution in [3.8, 4) is 0 Å². The van der Waals surface area contributed by atoms with E-state index >= 15 is 0 Å². The summed E-state index contributed by atoms with van der Waals surface area (Å²) in [5.41, 5.74) is 1.73. The van der Waals surface area contributed by atoms with Crippen LogP contribution < -0.4 is 5.32 Å². The molecule has 0 atom stereocenters. The van der Waals surface area contributed by atoms with Gasteiger partial charge in [-0.25, -0.2) is 0 Å². The normalized spacial score (nSPS) is 12.4. The zero-order valence-electron chi connectivity index (χ0n) is 5.88. The smallest absolute Gasteiger partial charge is 0.125 e. The molecule has 0 saturated carbocycles. The average molecular weight is 147 g/mol. The first-order valence-electron chi connectivity index (χ1n) is 2.69. The van der Waals surface area contributed by atoms with Gasteiger partial charge < -0.3 is 5.32 Å². The highest BCUT2D eigenvalue weighted by molar-refractivity contribution is 6.68. The van der Waals surface area contributed by atoms with Crippen LogP contribution in [-0.2, 0) is 0 Å². The molecule has 0 saturated heterocycles. The standard InChI is InChI=1S/C6H11ClN2/c1-4(6(7)8)5(2)9-3/h8-9H,1-3H3/b5-4-,8-6?. The van der Waals surface area contributed by atoms with Crippen LogP contribution in [0, 0.1) is 5.41 Å². The van der Waals surface area contributed by atoms with E-state index in [2.05, 4.69) is 5.32 Å². The summed E-state index contributed by atoms with van der Waals surface area (Å²) in [6.45, 7) is 3.69. The molecule has 2 nitrogen and oxygen atoms in total. The molecule has 0 aliphatic carbocycles. The maximum atomic E-state index is 7.00. The van der Waals surface area contributed by atoms with Crippen LogP contribution in [0.15, 0.2) is 11.3 Å². The highest BCUT2D eigenvalue weighted by Crippen LogP contribution is 2.03. The highest BCUT2D eigenvalue weighted by Gasteiger charge is 1.96. The van der Waals surface area contributed by atoms with Crippen LogP contribution in [0.4, 0.5) is 0 Å². The van der Waals surface area contributed by atoms with E-state index in [0.717, 1.165) is 11.3 Å². The van der Waals surface area contributed by atoms with Crippen molar-refractivity contribution in [1.82, 2.24) is 5.32 Å². The van der Waals surface area contributed by atoms with Crippen LogP contribution in [-0.4, -0.2) is 12.2 Å². The topological polar surface area (TPSA) is 35.9 Å². The van der Waals surface area contributed by atoms with Crippen molar-refractivity contribution in [2.24, 2.45) is 0 Å². The predicted octanol–water partition coefficient (Wildman–Crippen LogP) is 1.72. The molecule has 0 radical (unpaired) electrons. The van der Waals surface area contributed by atoms with E-state index in [9.17, 15) is 0 Å². The van der Waals surface area contributed by atoms with Gasteiger partial charge in [-0.15, -0.1) is 0 Å². The lowest BCUT2D eigenvalue weighted by atomic mass is 10.2. The number of halogens is 1. The summed E-state index contributed by atoms with van der Waals surface area (Å²) in [7, 11) is 1.80. The van der Waals surface area contributed by atoms with Crippen molar-refractivity contribution in [3.05, 3.63) is 11.3 Å². The minimum Gasteiger partial charge on any atom is -0.391 e. The molecule has 0 aromatic rings. The van der Waals surface area contributed by atoms with E-state index in [1.54, 1.807) is 14.0 Å². The van der Waals surface area contributed by atoms with E-state index in [1.807, 2.05) is 6.92 Å². The van der Waals surface area contributed by atoms with E-state index in [4.69, 9.17) is 17.0 Å². The first-order chi connectivity index (χ1) is 4.09. The van der Waals surface area contributed by atoms with Crippen LogP contribution >= 0.6 is 11.6 Å². The second-order valence-corrected chi connectivity index (χ2v) is 2.19. The molecular weight excluding hydrogens is 136 g/mol. The van der Waals surface area contributed by atoms with E-state index in [-0.39, 0.29) is 5.17 Å². The lowest BCUT2D eigenvalue weighted by Crippen LogP contribution is -2.06. The van der Waals surface area contributed by atoms with Crippen molar-refractivity contribution in [2.45, 2.75) is 13.8 Å². The Bertz CT molecular complexity index is 149. The third kappa shape index (κ3) is 2.51. The van der Waals surface area contributed by atoms with Crippen molar-refractivity contribution < 1.29 is 0 Å². The van der Waals surface area contributed by atoms with Crippen LogP contribution in [0.3, 0.4) is 0 Å². The number of hydrogen-bond donors (Lipinski definition) is 2. The molecule has 52 valence electrons. The van der Waals surface area contributed by atoms with Gasteiger partial charge in [0.15, 0.2) is 0 Å². The van der Waals surface area contributed by atoms with Crippen LogP contribution in [0.25, 0.3) is 0 Å². The lowest BCUT2D eigenvalue weighted by molar-refractivity contribution is 0.974.